The van der Waals surface area contributed by atoms with Gasteiger partial charge in [-0.3, -0.25) is 4.79 Å². The SMILES string of the molecule is CC/C=C\CCC(=O)c1ccc(O)c(OC)c1CC/C=C\CC. The van der Waals surface area contributed by atoms with Crippen LogP contribution in [0.1, 0.15) is 61.9 Å². The van der Waals surface area contributed by atoms with Gasteiger partial charge in [-0.2, -0.15) is 0 Å². The molecule has 1 rings (SSSR count). The maximum Gasteiger partial charge on any atom is 0.164 e. The van der Waals surface area contributed by atoms with Crippen molar-refractivity contribution in [2.24, 2.45) is 0 Å². The maximum atomic E-state index is 12.5. The van der Waals surface area contributed by atoms with E-state index in [0.29, 0.717) is 24.2 Å². The fourth-order valence-corrected chi connectivity index (χ4v) is 2.50. The summed E-state index contributed by atoms with van der Waals surface area (Å²) in [5.74, 6) is 0.604. The number of rotatable bonds is 10. The second-order valence-corrected chi connectivity index (χ2v) is 5.40. The lowest BCUT2D eigenvalue weighted by Crippen LogP contribution is -2.06. The van der Waals surface area contributed by atoms with Crippen LogP contribution in [0.2, 0.25) is 0 Å². The average molecular weight is 316 g/mol. The van der Waals surface area contributed by atoms with Crippen LogP contribution in [0.15, 0.2) is 36.4 Å². The Balaban J connectivity index is 2.97. The quantitative estimate of drug-likeness (QED) is 0.475. The number of carbonyl (C=O) groups excluding carboxylic acids is 1. The van der Waals surface area contributed by atoms with Crippen molar-refractivity contribution < 1.29 is 14.6 Å². The molecule has 0 saturated carbocycles. The van der Waals surface area contributed by atoms with E-state index in [1.807, 2.05) is 6.08 Å². The second kappa shape index (κ2) is 10.7. The molecule has 3 heteroatoms. The number of ketones is 1. The summed E-state index contributed by atoms with van der Waals surface area (Å²) >= 11 is 0. The number of benzene rings is 1. The predicted octanol–water partition coefficient (Wildman–Crippen LogP) is 5.23. The normalized spacial score (nSPS) is 11.4. The van der Waals surface area contributed by atoms with E-state index in [2.05, 4.69) is 32.1 Å². The zero-order chi connectivity index (χ0) is 17.1. The summed E-state index contributed by atoms with van der Waals surface area (Å²) in [4.78, 5) is 12.5. The van der Waals surface area contributed by atoms with Gasteiger partial charge >= 0.3 is 0 Å². The molecule has 0 radical (unpaired) electrons. The summed E-state index contributed by atoms with van der Waals surface area (Å²) in [6, 6.07) is 3.25. The predicted molar refractivity (Wildman–Crippen MR) is 95.4 cm³/mol. The lowest BCUT2D eigenvalue weighted by Gasteiger charge is -2.14. The molecule has 1 aromatic rings. The number of hydrogen-bond donors (Lipinski definition) is 1. The van der Waals surface area contributed by atoms with Crippen LogP contribution in [0.4, 0.5) is 0 Å². The molecule has 0 aliphatic carbocycles. The number of allylic oxidation sites excluding steroid dienone is 4. The summed E-state index contributed by atoms with van der Waals surface area (Å²) in [5.41, 5.74) is 1.46. The molecule has 0 heterocycles. The highest BCUT2D eigenvalue weighted by Crippen LogP contribution is 2.34. The number of ether oxygens (including phenoxy) is 1. The molecule has 0 fully saturated rings. The highest BCUT2D eigenvalue weighted by atomic mass is 16.5. The molecule has 0 bridgehead atoms. The lowest BCUT2D eigenvalue weighted by molar-refractivity contribution is 0.0982. The number of phenolic OH excluding ortho intramolecular Hbond substituents is 1. The first-order chi connectivity index (χ1) is 11.2. The van der Waals surface area contributed by atoms with Crippen LogP contribution in [0.3, 0.4) is 0 Å². The fraction of sp³-hybridized carbons (Fsp3) is 0.450. The Hall–Kier alpha value is -2.03. The smallest absolute Gasteiger partial charge is 0.164 e. The summed E-state index contributed by atoms with van der Waals surface area (Å²) in [6.45, 7) is 4.16. The van der Waals surface area contributed by atoms with Crippen molar-refractivity contribution in [2.75, 3.05) is 7.11 Å². The molecular weight excluding hydrogens is 288 g/mol. The van der Waals surface area contributed by atoms with E-state index < -0.39 is 0 Å². The number of methoxy groups -OCH3 is 1. The van der Waals surface area contributed by atoms with Crippen LogP contribution in [0, 0.1) is 0 Å². The number of carbonyl (C=O) groups is 1. The summed E-state index contributed by atoms with van der Waals surface area (Å²) < 4.78 is 5.33. The summed E-state index contributed by atoms with van der Waals surface area (Å²) in [5, 5.41) is 9.98. The number of Topliss-reactive ketones (excluding diaryl/α,β-unsaturated/α-hetero) is 1. The molecule has 0 aliphatic heterocycles. The van der Waals surface area contributed by atoms with Crippen molar-refractivity contribution in [3.63, 3.8) is 0 Å². The minimum Gasteiger partial charge on any atom is -0.504 e. The number of hydrogen-bond acceptors (Lipinski definition) is 3. The van der Waals surface area contributed by atoms with Crippen LogP contribution in [0.5, 0.6) is 11.5 Å². The van der Waals surface area contributed by atoms with Gasteiger partial charge < -0.3 is 9.84 Å². The Morgan fingerprint density at radius 3 is 2.35 bits per heavy atom. The molecule has 1 aromatic carbocycles. The first-order valence-corrected chi connectivity index (χ1v) is 8.37. The largest absolute Gasteiger partial charge is 0.504 e. The third-order valence-electron chi connectivity index (χ3n) is 3.65. The van der Waals surface area contributed by atoms with E-state index >= 15 is 0 Å². The van der Waals surface area contributed by atoms with Crippen LogP contribution < -0.4 is 4.74 Å². The molecule has 0 spiro atoms. The monoisotopic (exact) mass is 316 g/mol. The minimum absolute atomic E-state index is 0.0874. The van der Waals surface area contributed by atoms with Gasteiger partial charge in [-0.05, 0) is 44.2 Å². The standard InChI is InChI=1S/C20H28O3/c1-4-6-8-10-12-17-16(14-15-19(22)20(17)23-3)18(21)13-11-9-7-5-2/h6-9,14-15,22H,4-5,10-13H2,1-3H3/b8-6-,9-7-. The molecule has 126 valence electrons. The zero-order valence-corrected chi connectivity index (χ0v) is 14.5. The maximum absolute atomic E-state index is 12.5. The molecule has 0 atom stereocenters. The molecule has 23 heavy (non-hydrogen) atoms. The van der Waals surface area contributed by atoms with Gasteiger partial charge in [0.1, 0.15) is 0 Å². The van der Waals surface area contributed by atoms with Crippen molar-refractivity contribution in [1.29, 1.82) is 0 Å². The van der Waals surface area contributed by atoms with Crippen LogP contribution in [0.25, 0.3) is 0 Å². The van der Waals surface area contributed by atoms with Crippen molar-refractivity contribution in [3.8, 4) is 11.5 Å². The van der Waals surface area contributed by atoms with Gasteiger partial charge in [0.05, 0.1) is 7.11 Å². The van der Waals surface area contributed by atoms with Crippen LogP contribution >= 0.6 is 0 Å². The van der Waals surface area contributed by atoms with Crippen molar-refractivity contribution >= 4 is 5.78 Å². The summed E-state index contributed by atoms with van der Waals surface area (Å²) in [6.07, 6.45) is 13.0. The second-order valence-electron chi connectivity index (χ2n) is 5.40. The average Bonchev–Trinajstić information content (AvgIpc) is 2.55. The van der Waals surface area contributed by atoms with E-state index in [9.17, 15) is 9.90 Å². The van der Waals surface area contributed by atoms with E-state index in [-0.39, 0.29) is 11.5 Å². The van der Waals surface area contributed by atoms with Gasteiger partial charge in [0.25, 0.3) is 0 Å². The third kappa shape index (κ3) is 5.93. The van der Waals surface area contributed by atoms with Crippen molar-refractivity contribution in [2.45, 2.75) is 52.4 Å². The number of phenols is 1. The molecule has 1 N–H and O–H groups in total. The lowest BCUT2D eigenvalue weighted by atomic mass is 9.95. The van der Waals surface area contributed by atoms with Gasteiger partial charge in [-0.1, -0.05) is 38.2 Å². The Bertz CT molecular complexity index is 556. The molecule has 0 aromatic heterocycles. The molecule has 0 aliphatic rings. The van der Waals surface area contributed by atoms with Crippen molar-refractivity contribution in [1.82, 2.24) is 0 Å². The Kier molecular flexibility index (Phi) is 8.81. The topological polar surface area (TPSA) is 46.5 Å². The molecule has 0 amide bonds. The highest BCUT2D eigenvalue weighted by Gasteiger charge is 2.17. The van der Waals surface area contributed by atoms with Crippen LogP contribution in [-0.2, 0) is 6.42 Å². The number of aromatic hydroxyl groups is 1. The van der Waals surface area contributed by atoms with E-state index in [4.69, 9.17) is 4.74 Å². The molecule has 3 nitrogen and oxygen atoms in total. The molecule has 0 unspecified atom stereocenters. The van der Waals surface area contributed by atoms with Gasteiger partial charge in [-0.15, -0.1) is 0 Å². The zero-order valence-electron chi connectivity index (χ0n) is 14.5. The highest BCUT2D eigenvalue weighted by molar-refractivity contribution is 5.98. The van der Waals surface area contributed by atoms with Gasteiger partial charge in [0, 0.05) is 17.5 Å². The Morgan fingerprint density at radius 1 is 1.09 bits per heavy atom. The van der Waals surface area contributed by atoms with Crippen LogP contribution in [-0.4, -0.2) is 18.0 Å². The minimum atomic E-state index is 0.0874. The van der Waals surface area contributed by atoms with Gasteiger partial charge in [0.15, 0.2) is 17.3 Å². The Labute approximate surface area is 139 Å². The molecule has 0 saturated heterocycles. The molecular formula is C20H28O3. The van der Waals surface area contributed by atoms with E-state index in [1.54, 1.807) is 12.1 Å². The first kappa shape index (κ1) is 19.0. The van der Waals surface area contributed by atoms with Crippen molar-refractivity contribution in [3.05, 3.63) is 47.6 Å². The van der Waals surface area contributed by atoms with Gasteiger partial charge in [-0.25, -0.2) is 0 Å². The third-order valence-corrected chi connectivity index (χ3v) is 3.65. The van der Waals surface area contributed by atoms with E-state index in [1.165, 1.54) is 7.11 Å². The Morgan fingerprint density at radius 2 is 1.74 bits per heavy atom. The van der Waals surface area contributed by atoms with Gasteiger partial charge in [0.2, 0.25) is 0 Å². The fourth-order valence-electron chi connectivity index (χ4n) is 2.50. The first-order valence-electron chi connectivity index (χ1n) is 8.37. The summed E-state index contributed by atoms with van der Waals surface area (Å²) in [7, 11) is 1.53. The van der Waals surface area contributed by atoms with E-state index in [0.717, 1.165) is 31.2 Å².